The zero-order valence-electron chi connectivity index (χ0n) is 9.80. The lowest BCUT2D eigenvalue weighted by Crippen LogP contribution is -1.99. The standard InChI is InChI=1S/C12H12N4O2/c1-7-5-14-11(17-7)6-15-12-16-9-4-8(13)2-3-10(9)18-12/h2-5H,6,13H2,1H3,(H,15,16). The van der Waals surface area contributed by atoms with E-state index < -0.39 is 0 Å². The molecule has 3 N–H and O–H groups in total. The van der Waals surface area contributed by atoms with Crippen LogP contribution in [0.1, 0.15) is 11.7 Å². The fourth-order valence-corrected chi connectivity index (χ4v) is 1.65. The zero-order chi connectivity index (χ0) is 12.5. The van der Waals surface area contributed by atoms with Crippen LogP contribution in [-0.2, 0) is 6.54 Å². The molecule has 0 fully saturated rings. The number of nitrogen functional groups attached to an aromatic ring is 1. The van der Waals surface area contributed by atoms with Gasteiger partial charge < -0.3 is 19.9 Å². The number of benzene rings is 1. The molecule has 0 bridgehead atoms. The summed E-state index contributed by atoms with van der Waals surface area (Å²) in [5.41, 5.74) is 7.75. The second-order valence-electron chi connectivity index (χ2n) is 3.96. The van der Waals surface area contributed by atoms with Crippen molar-refractivity contribution in [2.75, 3.05) is 11.1 Å². The summed E-state index contributed by atoms with van der Waals surface area (Å²) in [4.78, 5) is 8.35. The number of oxazole rings is 2. The van der Waals surface area contributed by atoms with Gasteiger partial charge in [0.1, 0.15) is 11.3 Å². The van der Waals surface area contributed by atoms with E-state index in [1.807, 2.05) is 6.92 Å². The number of rotatable bonds is 3. The van der Waals surface area contributed by atoms with Gasteiger partial charge in [-0.25, -0.2) is 4.98 Å². The summed E-state index contributed by atoms with van der Waals surface area (Å²) in [6, 6.07) is 5.75. The average Bonchev–Trinajstić information content (AvgIpc) is 2.92. The lowest BCUT2D eigenvalue weighted by Gasteiger charge is -1.95. The molecule has 0 radical (unpaired) electrons. The van der Waals surface area contributed by atoms with E-state index in [-0.39, 0.29) is 0 Å². The van der Waals surface area contributed by atoms with Crippen molar-refractivity contribution < 1.29 is 8.83 Å². The number of hydrogen-bond acceptors (Lipinski definition) is 6. The highest BCUT2D eigenvalue weighted by Crippen LogP contribution is 2.21. The zero-order valence-corrected chi connectivity index (χ0v) is 9.80. The van der Waals surface area contributed by atoms with Crippen molar-refractivity contribution in [3.63, 3.8) is 0 Å². The number of nitrogens with two attached hydrogens (primary N) is 1. The molecule has 2 heterocycles. The molecule has 0 spiro atoms. The number of nitrogens with one attached hydrogen (secondary N) is 1. The van der Waals surface area contributed by atoms with Gasteiger partial charge in [-0.1, -0.05) is 0 Å². The third kappa shape index (κ3) is 2.00. The second-order valence-corrected chi connectivity index (χ2v) is 3.96. The van der Waals surface area contributed by atoms with Crippen LogP contribution in [0.4, 0.5) is 11.7 Å². The number of anilines is 2. The van der Waals surface area contributed by atoms with E-state index in [9.17, 15) is 0 Å². The van der Waals surface area contributed by atoms with Crippen LogP contribution in [0.5, 0.6) is 0 Å². The first-order valence-electron chi connectivity index (χ1n) is 5.52. The Morgan fingerprint density at radius 1 is 1.33 bits per heavy atom. The second kappa shape index (κ2) is 4.06. The van der Waals surface area contributed by atoms with Crippen molar-refractivity contribution in [2.24, 2.45) is 0 Å². The molecule has 0 amide bonds. The summed E-state index contributed by atoms with van der Waals surface area (Å²) in [5.74, 6) is 1.37. The van der Waals surface area contributed by atoms with Crippen LogP contribution in [-0.4, -0.2) is 9.97 Å². The summed E-state index contributed by atoms with van der Waals surface area (Å²) in [6.45, 7) is 2.27. The van der Waals surface area contributed by atoms with Gasteiger partial charge in [0.05, 0.1) is 12.7 Å². The molecule has 18 heavy (non-hydrogen) atoms. The predicted octanol–water partition coefficient (Wildman–Crippen LogP) is 2.32. The minimum absolute atomic E-state index is 0.423. The molecule has 6 nitrogen and oxygen atoms in total. The maximum atomic E-state index is 5.67. The number of nitrogens with zero attached hydrogens (tertiary/aromatic N) is 2. The molecule has 0 aliphatic carbocycles. The van der Waals surface area contributed by atoms with Gasteiger partial charge in [-0.3, -0.25) is 0 Å². The first-order chi connectivity index (χ1) is 8.70. The molecular formula is C12H12N4O2. The summed E-state index contributed by atoms with van der Waals surface area (Å²) in [7, 11) is 0. The molecule has 0 saturated carbocycles. The molecule has 0 atom stereocenters. The summed E-state index contributed by atoms with van der Waals surface area (Å²) < 4.78 is 10.8. The Morgan fingerprint density at radius 3 is 3.00 bits per heavy atom. The van der Waals surface area contributed by atoms with Crippen LogP contribution in [0.3, 0.4) is 0 Å². The normalized spacial score (nSPS) is 10.9. The van der Waals surface area contributed by atoms with Gasteiger partial charge in [-0.2, -0.15) is 4.98 Å². The van der Waals surface area contributed by atoms with Crippen molar-refractivity contribution in [3.05, 3.63) is 36.0 Å². The molecular weight excluding hydrogens is 232 g/mol. The SMILES string of the molecule is Cc1cnc(CNc2nc3cc(N)ccc3o2)o1. The highest BCUT2D eigenvalue weighted by Gasteiger charge is 2.07. The molecule has 0 aliphatic heterocycles. The maximum absolute atomic E-state index is 5.67. The van der Waals surface area contributed by atoms with Gasteiger partial charge in [0.25, 0.3) is 6.01 Å². The Balaban J connectivity index is 1.78. The van der Waals surface area contributed by atoms with Crippen LogP contribution >= 0.6 is 0 Å². The van der Waals surface area contributed by atoms with Crippen LogP contribution in [0.25, 0.3) is 11.1 Å². The largest absolute Gasteiger partial charge is 0.444 e. The smallest absolute Gasteiger partial charge is 0.296 e. The highest BCUT2D eigenvalue weighted by atomic mass is 16.4. The summed E-state index contributed by atoms with van der Waals surface area (Å²) in [5, 5.41) is 3.01. The molecule has 3 aromatic rings. The topological polar surface area (TPSA) is 90.1 Å². The molecule has 3 rings (SSSR count). The van der Waals surface area contributed by atoms with E-state index in [1.165, 1.54) is 0 Å². The first-order valence-corrected chi connectivity index (χ1v) is 5.52. The average molecular weight is 244 g/mol. The Kier molecular flexibility index (Phi) is 2.40. The Labute approximate surface area is 103 Å². The van der Waals surface area contributed by atoms with E-state index in [0.29, 0.717) is 29.7 Å². The minimum atomic E-state index is 0.423. The number of aryl methyl sites for hydroxylation is 1. The van der Waals surface area contributed by atoms with Crippen molar-refractivity contribution in [2.45, 2.75) is 13.5 Å². The van der Waals surface area contributed by atoms with Crippen molar-refractivity contribution in [1.29, 1.82) is 0 Å². The van der Waals surface area contributed by atoms with Gasteiger partial charge >= 0.3 is 0 Å². The molecule has 0 saturated heterocycles. The van der Waals surface area contributed by atoms with Gasteiger partial charge in [0.2, 0.25) is 5.89 Å². The van der Waals surface area contributed by atoms with E-state index in [4.69, 9.17) is 14.6 Å². The quantitative estimate of drug-likeness (QED) is 0.687. The molecule has 0 unspecified atom stereocenters. The maximum Gasteiger partial charge on any atom is 0.296 e. The molecule has 6 heteroatoms. The monoisotopic (exact) mass is 244 g/mol. The molecule has 0 aliphatic rings. The number of fused-ring (bicyclic) bond motifs is 1. The van der Waals surface area contributed by atoms with Crippen LogP contribution in [0.2, 0.25) is 0 Å². The summed E-state index contributed by atoms with van der Waals surface area (Å²) >= 11 is 0. The lowest BCUT2D eigenvalue weighted by molar-refractivity contribution is 0.475. The lowest BCUT2D eigenvalue weighted by atomic mass is 10.3. The fraction of sp³-hybridized carbons (Fsp3) is 0.167. The Hall–Kier alpha value is -2.50. The molecule has 2 aromatic heterocycles. The first kappa shape index (κ1) is 10.6. The van der Waals surface area contributed by atoms with Gasteiger partial charge in [-0.05, 0) is 25.1 Å². The van der Waals surface area contributed by atoms with Gasteiger partial charge in [0.15, 0.2) is 5.58 Å². The van der Waals surface area contributed by atoms with E-state index >= 15 is 0 Å². The Morgan fingerprint density at radius 2 is 2.22 bits per heavy atom. The van der Waals surface area contributed by atoms with E-state index in [1.54, 1.807) is 24.4 Å². The third-order valence-electron chi connectivity index (χ3n) is 2.47. The van der Waals surface area contributed by atoms with Crippen LogP contribution < -0.4 is 11.1 Å². The summed E-state index contributed by atoms with van der Waals surface area (Å²) in [6.07, 6.45) is 1.67. The van der Waals surface area contributed by atoms with E-state index in [2.05, 4.69) is 15.3 Å². The third-order valence-corrected chi connectivity index (χ3v) is 2.47. The van der Waals surface area contributed by atoms with Crippen LogP contribution in [0.15, 0.2) is 33.2 Å². The van der Waals surface area contributed by atoms with Gasteiger partial charge in [-0.15, -0.1) is 0 Å². The number of hydrogen-bond donors (Lipinski definition) is 2. The van der Waals surface area contributed by atoms with Crippen molar-refractivity contribution in [1.82, 2.24) is 9.97 Å². The minimum Gasteiger partial charge on any atom is -0.444 e. The van der Waals surface area contributed by atoms with Crippen molar-refractivity contribution >= 4 is 22.8 Å². The number of aromatic nitrogens is 2. The molecule has 1 aromatic carbocycles. The Bertz CT molecular complexity index is 686. The van der Waals surface area contributed by atoms with Crippen molar-refractivity contribution in [3.8, 4) is 0 Å². The molecule has 92 valence electrons. The van der Waals surface area contributed by atoms with Crippen LogP contribution in [0, 0.1) is 6.92 Å². The predicted molar refractivity (Wildman–Crippen MR) is 67.0 cm³/mol. The highest BCUT2D eigenvalue weighted by molar-refractivity contribution is 5.78. The van der Waals surface area contributed by atoms with E-state index in [0.717, 1.165) is 11.3 Å². The fourth-order valence-electron chi connectivity index (χ4n) is 1.65. The van der Waals surface area contributed by atoms with Gasteiger partial charge in [0, 0.05) is 5.69 Å².